The maximum absolute atomic E-state index is 10.2. The highest BCUT2D eigenvalue weighted by atomic mass is 16.5. The first-order valence-corrected chi connectivity index (χ1v) is 5.08. The zero-order valence-electron chi connectivity index (χ0n) is 8.16. The Morgan fingerprint density at radius 2 is 2.36 bits per heavy atom. The van der Waals surface area contributed by atoms with Gasteiger partial charge < -0.3 is 9.53 Å². The Balaban J connectivity index is 2.01. The molecule has 0 aliphatic carbocycles. The van der Waals surface area contributed by atoms with E-state index >= 15 is 0 Å². The summed E-state index contributed by atoms with van der Waals surface area (Å²) in [6.07, 6.45) is 4.61. The van der Waals surface area contributed by atoms with Crippen LogP contribution in [-0.2, 0) is 17.6 Å². The van der Waals surface area contributed by atoms with E-state index in [2.05, 4.69) is 12.1 Å². The first-order chi connectivity index (χ1) is 6.90. The number of fused-ring (bicyclic) bond motifs is 1. The second kappa shape index (κ2) is 4.27. The molecule has 74 valence electrons. The first-order valence-electron chi connectivity index (χ1n) is 5.08. The minimum Gasteiger partial charge on any atom is -0.493 e. The molecule has 0 unspecified atom stereocenters. The first kappa shape index (κ1) is 9.25. The molecule has 1 aliphatic rings. The SMILES string of the molecule is O=CCCCc1ccc2c(c1)CCO2. The Morgan fingerprint density at radius 3 is 3.21 bits per heavy atom. The van der Waals surface area contributed by atoms with E-state index in [-0.39, 0.29) is 0 Å². The minimum atomic E-state index is 0.660. The Bertz CT molecular complexity index is 331. The number of carbonyl (C=O) groups is 1. The van der Waals surface area contributed by atoms with Crippen LogP contribution in [0.5, 0.6) is 5.75 Å². The summed E-state index contributed by atoms with van der Waals surface area (Å²) in [7, 11) is 0. The summed E-state index contributed by atoms with van der Waals surface area (Å²) in [5.74, 6) is 1.03. The summed E-state index contributed by atoms with van der Waals surface area (Å²) < 4.78 is 5.42. The van der Waals surface area contributed by atoms with E-state index in [9.17, 15) is 4.79 Å². The third-order valence-corrected chi connectivity index (χ3v) is 2.54. The van der Waals surface area contributed by atoms with E-state index in [1.165, 1.54) is 11.1 Å². The van der Waals surface area contributed by atoms with Gasteiger partial charge in [0, 0.05) is 12.8 Å². The fourth-order valence-electron chi connectivity index (χ4n) is 1.78. The lowest BCUT2D eigenvalue weighted by Gasteiger charge is -2.02. The molecule has 0 aromatic heterocycles. The molecule has 2 rings (SSSR count). The highest BCUT2D eigenvalue weighted by Gasteiger charge is 2.11. The lowest BCUT2D eigenvalue weighted by molar-refractivity contribution is -0.107. The van der Waals surface area contributed by atoms with E-state index in [1.54, 1.807) is 0 Å². The fraction of sp³-hybridized carbons (Fsp3) is 0.417. The van der Waals surface area contributed by atoms with Gasteiger partial charge >= 0.3 is 0 Å². The zero-order valence-corrected chi connectivity index (χ0v) is 8.16. The van der Waals surface area contributed by atoms with Gasteiger partial charge in [-0.15, -0.1) is 0 Å². The van der Waals surface area contributed by atoms with Gasteiger partial charge in [0.2, 0.25) is 0 Å². The van der Waals surface area contributed by atoms with Gasteiger partial charge in [-0.05, 0) is 30.0 Å². The van der Waals surface area contributed by atoms with Crippen LogP contribution in [0.1, 0.15) is 24.0 Å². The number of hydrogen-bond acceptors (Lipinski definition) is 2. The highest BCUT2D eigenvalue weighted by molar-refractivity contribution is 5.49. The Hall–Kier alpha value is -1.31. The van der Waals surface area contributed by atoms with Crippen LogP contribution in [0.3, 0.4) is 0 Å². The number of benzene rings is 1. The number of aldehydes is 1. The maximum atomic E-state index is 10.2. The van der Waals surface area contributed by atoms with Gasteiger partial charge in [0.1, 0.15) is 12.0 Å². The van der Waals surface area contributed by atoms with E-state index in [1.807, 2.05) is 6.07 Å². The quantitative estimate of drug-likeness (QED) is 0.537. The summed E-state index contributed by atoms with van der Waals surface area (Å²) in [6, 6.07) is 6.33. The molecule has 14 heavy (non-hydrogen) atoms. The lowest BCUT2D eigenvalue weighted by atomic mass is 10.0. The van der Waals surface area contributed by atoms with Crippen LogP contribution >= 0.6 is 0 Å². The monoisotopic (exact) mass is 190 g/mol. The number of aryl methyl sites for hydroxylation is 1. The molecular weight excluding hydrogens is 176 g/mol. The van der Waals surface area contributed by atoms with Crippen LogP contribution in [0, 0.1) is 0 Å². The van der Waals surface area contributed by atoms with E-state index in [4.69, 9.17) is 4.74 Å². The number of ether oxygens (including phenoxy) is 1. The van der Waals surface area contributed by atoms with Crippen LogP contribution in [0.4, 0.5) is 0 Å². The number of unbranched alkanes of at least 4 members (excludes halogenated alkanes) is 1. The van der Waals surface area contributed by atoms with Crippen molar-refractivity contribution in [1.82, 2.24) is 0 Å². The second-order valence-corrected chi connectivity index (χ2v) is 3.60. The Kier molecular flexibility index (Phi) is 2.82. The van der Waals surface area contributed by atoms with Crippen molar-refractivity contribution in [3.8, 4) is 5.75 Å². The molecular formula is C12H14O2. The van der Waals surface area contributed by atoms with E-state index < -0.39 is 0 Å². The molecule has 2 nitrogen and oxygen atoms in total. The average molecular weight is 190 g/mol. The molecule has 0 fully saturated rings. The van der Waals surface area contributed by atoms with Crippen LogP contribution in [0.2, 0.25) is 0 Å². The van der Waals surface area contributed by atoms with Gasteiger partial charge in [-0.3, -0.25) is 0 Å². The van der Waals surface area contributed by atoms with Crippen LogP contribution in [-0.4, -0.2) is 12.9 Å². The fourth-order valence-corrected chi connectivity index (χ4v) is 1.78. The normalized spacial score (nSPS) is 13.4. The van der Waals surface area contributed by atoms with Gasteiger partial charge in [-0.25, -0.2) is 0 Å². The lowest BCUT2D eigenvalue weighted by Crippen LogP contribution is -1.87. The molecule has 1 aromatic rings. The molecule has 0 saturated heterocycles. The third-order valence-electron chi connectivity index (χ3n) is 2.54. The summed E-state index contributed by atoms with van der Waals surface area (Å²) in [6.45, 7) is 0.813. The van der Waals surface area contributed by atoms with Crippen molar-refractivity contribution in [1.29, 1.82) is 0 Å². The van der Waals surface area contributed by atoms with Crippen LogP contribution in [0.25, 0.3) is 0 Å². The molecule has 0 spiro atoms. The van der Waals surface area contributed by atoms with Gasteiger partial charge in [0.05, 0.1) is 6.61 Å². The maximum Gasteiger partial charge on any atom is 0.122 e. The van der Waals surface area contributed by atoms with Crippen LogP contribution < -0.4 is 4.74 Å². The smallest absolute Gasteiger partial charge is 0.122 e. The Labute approximate surface area is 83.9 Å². The topological polar surface area (TPSA) is 26.3 Å². The number of rotatable bonds is 4. The number of hydrogen-bond donors (Lipinski definition) is 0. The number of carbonyl (C=O) groups excluding carboxylic acids is 1. The van der Waals surface area contributed by atoms with Crippen molar-refractivity contribution in [2.75, 3.05) is 6.61 Å². The zero-order chi connectivity index (χ0) is 9.80. The predicted octanol–water partition coefficient (Wildman–Crippen LogP) is 2.14. The molecule has 0 saturated carbocycles. The Morgan fingerprint density at radius 1 is 1.43 bits per heavy atom. The second-order valence-electron chi connectivity index (χ2n) is 3.60. The molecule has 0 bridgehead atoms. The van der Waals surface area contributed by atoms with Gasteiger partial charge in [-0.2, -0.15) is 0 Å². The minimum absolute atomic E-state index is 0.660. The molecule has 0 amide bonds. The third kappa shape index (κ3) is 1.95. The van der Waals surface area contributed by atoms with Gasteiger partial charge in [0.25, 0.3) is 0 Å². The van der Waals surface area contributed by atoms with Crippen molar-refractivity contribution in [2.24, 2.45) is 0 Å². The largest absolute Gasteiger partial charge is 0.493 e. The van der Waals surface area contributed by atoms with Crippen molar-refractivity contribution in [3.63, 3.8) is 0 Å². The van der Waals surface area contributed by atoms with Gasteiger partial charge in [-0.1, -0.05) is 12.1 Å². The van der Waals surface area contributed by atoms with Crippen molar-refractivity contribution >= 4 is 6.29 Å². The summed E-state index contributed by atoms with van der Waals surface area (Å²) in [5.41, 5.74) is 2.63. The van der Waals surface area contributed by atoms with Crippen molar-refractivity contribution in [3.05, 3.63) is 29.3 Å². The average Bonchev–Trinajstić information content (AvgIpc) is 2.65. The van der Waals surface area contributed by atoms with Crippen molar-refractivity contribution < 1.29 is 9.53 Å². The standard InChI is InChI=1S/C12H14O2/c13-7-2-1-3-10-4-5-12-11(9-10)6-8-14-12/h4-5,7,9H,1-3,6,8H2. The van der Waals surface area contributed by atoms with Crippen molar-refractivity contribution in [2.45, 2.75) is 25.7 Å². The van der Waals surface area contributed by atoms with Crippen LogP contribution in [0.15, 0.2) is 18.2 Å². The molecule has 2 heteroatoms. The van der Waals surface area contributed by atoms with E-state index in [0.717, 1.165) is 37.9 Å². The molecule has 0 N–H and O–H groups in total. The molecule has 1 aliphatic heterocycles. The molecule has 1 heterocycles. The molecule has 0 atom stereocenters. The molecule has 0 radical (unpaired) electrons. The predicted molar refractivity (Wildman–Crippen MR) is 54.6 cm³/mol. The molecule has 1 aromatic carbocycles. The summed E-state index contributed by atoms with van der Waals surface area (Å²) in [5, 5.41) is 0. The van der Waals surface area contributed by atoms with E-state index in [0.29, 0.717) is 6.42 Å². The summed E-state index contributed by atoms with van der Waals surface area (Å²) >= 11 is 0. The van der Waals surface area contributed by atoms with Gasteiger partial charge in [0.15, 0.2) is 0 Å². The highest BCUT2D eigenvalue weighted by Crippen LogP contribution is 2.26. The summed E-state index contributed by atoms with van der Waals surface area (Å²) in [4.78, 5) is 10.2.